The summed E-state index contributed by atoms with van der Waals surface area (Å²) in [6.07, 6.45) is 10.1. The van der Waals surface area contributed by atoms with Crippen LogP contribution in [0.3, 0.4) is 0 Å². The highest BCUT2D eigenvalue weighted by Gasteiger charge is 2.12. The molecule has 1 aromatic carbocycles. The molecular weight excluding hydrogens is 302 g/mol. The molecule has 1 aliphatic carbocycles. The summed E-state index contributed by atoms with van der Waals surface area (Å²) in [4.78, 5) is 24.2. The Morgan fingerprint density at radius 3 is 2.88 bits per heavy atom. The second kappa shape index (κ2) is 7.90. The quantitative estimate of drug-likeness (QED) is 0.827. The Kier molecular flexibility index (Phi) is 5.41. The number of benzene rings is 1. The lowest BCUT2D eigenvalue weighted by Gasteiger charge is -2.12. The molecule has 0 radical (unpaired) electrons. The molecule has 24 heavy (non-hydrogen) atoms. The van der Waals surface area contributed by atoms with Crippen LogP contribution in [0.25, 0.3) is 10.9 Å². The van der Waals surface area contributed by atoms with Crippen LogP contribution < -0.4 is 5.32 Å². The summed E-state index contributed by atoms with van der Waals surface area (Å²) in [5, 5.41) is 7.96. The van der Waals surface area contributed by atoms with E-state index in [9.17, 15) is 9.59 Å². The van der Waals surface area contributed by atoms with E-state index in [4.69, 9.17) is 0 Å². The number of amides is 1. The van der Waals surface area contributed by atoms with Gasteiger partial charge in [-0.3, -0.25) is 9.59 Å². The zero-order valence-electron chi connectivity index (χ0n) is 13.8. The first-order chi connectivity index (χ1) is 11.7. The van der Waals surface area contributed by atoms with Crippen molar-refractivity contribution in [3.8, 4) is 0 Å². The SMILES string of the molecule is O=C(CCC(=O)n1ncc2ccccc21)NCCC1=CCCCC1. The molecule has 0 saturated heterocycles. The second-order valence-corrected chi connectivity index (χ2v) is 6.22. The highest BCUT2D eigenvalue weighted by atomic mass is 16.2. The van der Waals surface area contributed by atoms with E-state index in [1.165, 1.54) is 23.1 Å². The third-order valence-electron chi connectivity index (χ3n) is 4.43. The summed E-state index contributed by atoms with van der Waals surface area (Å²) in [6.45, 7) is 0.656. The van der Waals surface area contributed by atoms with Crippen molar-refractivity contribution in [1.29, 1.82) is 0 Å². The van der Waals surface area contributed by atoms with Gasteiger partial charge in [0.2, 0.25) is 11.8 Å². The number of para-hydroxylation sites is 1. The second-order valence-electron chi connectivity index (χ2n) is 6.22. The molecule has 126 valence electrons. The zero-order valence-corrected chi connectivity index (χ0v) is 13.8. The minimum absolute atomic E-state index is 0.0729. The smallest absolute Gasteiger partial charge is 0.247 e. The van der Waals surface area contributed by atoms with Gasteiger partial charge >= 0.3 is 0 Å². The van der Waals surface area contributed by atoms with Gasteiger partial charge in [0.1, 0.15) is 0 Å². The van der Waals surface area contributed by atoms with Gasteiger partial charge in [0.15, 0.2) is 0 Å². The maximum absolute atomic E-state index is 12.3. The third kappa shape index (κ3) is 4.10. The summed E-state index contributed by atoms with van der Waals surface area (Å²) in [7, 11) is 0. The number of allylic oxidation sites excluding steroid dienone is 1. The standard InChI is InChI=1S/C19H23N3O2/c23-18(20-13-12-15-6-2-1-3-7-15)10-11-19(24)22-17-9-5-4-8-16(17)14-21-22/h4-6,8-9,14H,1-3,7,10-13H2,(H,20,23). The first kappa shape index (κ1) is 16.4. The fourth-order valence-corrected chi connectivity index (χ4v) is 3.08. The summed E-state index contributed by atoms with van der Waals surface area (Å²) in [5.41, 5.74) is 2.23. The number of hydrogen-bond acceptors (Lipinski definition) is 3. The number of nitrogens with one attached hydrogen (secondary N) is 1. The number of nitrogens with zero attached hydrogens (tertiary/aromatic N) is 2. The first-order valence-electron chi connectivity index (χ1n) is 8.64. The molecule has 0 spiro atoms. The number of carbonyl (C=O) groups excluding carboxylic acids is 2. The number of fused-ring (bicyclic) bond motifs is 1. The van der Waals surface area contributed by atoms with Crippen molar-refractivity contribution in [2.24, 2.45) is 0 Å². The van der Waals surface area contributed by atoms with Crippen molar-refractivity contribution in [2.75, 3.05) is 6.54 Å². The third-order valence-corrected chi connectivity index (χ3v) is 4.43. The summed E-state index contributed by atoms with van der Waals surface area (Å²) in [5.74, 6) is -0.224. The minimum Gasteiger partial charge on any atom is -0.356 e. The van der Waals surface area contributed by atoms with Gasteiger partial charge < -0.3 is 5.32 Å². The highest BCUT2D eigenvalue weighted by molar-refractivity contribution is 5.92. The van der Waals surface area contributed by atoms with Crippen LogP contribution in [0.1, 0.15) is 49.7 Å². The lowest BCUT2D eigenvalue weighted by Crippen LogP contribution is -2.26. The van der Waals surface area contributed by atoms with Crippen molar-refractivity contribution in [3.63, 3.8) is 0 Å². The maximum atomic E-state index is 12.3. The van der Waals surface area contributed by atoms with Gasteiger partial charge in [-0.1, -0.05) is 29.8 Å². The van der Waals surface area contributed by atoms with Crippen LogP contribution in [-0.4, -0.2) is 28.1 Å². The topological polar surface area (TPSA) is 64.0 Å². The Morgan fingerprint density at radius 2 is 2.04 bits per heavy atom. The molecule has 2 aromatic rings. The molecule has 1 heterocycles. The zero-order chi connectivity index (χ0) is 16.8. The average Bonchev–Trinajstić information content (AvgIpc) is 3.05. The number of aromatic nitrogens is 2. The molecule has 0 saturated carbocycles. The molecule has 5 heteroatoms. The molecule has 3 rings (SSSR count). The molecule has 0 unspecified atom stereocenters. The van der Waals surface area contributed by atoms with Crippen LogP contribution >= 0.6 is 0 Å². The van der Waals surface area contributed by atoms with E-state index in [1.807, 2.05) is 24.3 Å². The minimum atomic E-state index is -0.152. The van der Waals surface area contributed by atoms with Crippen molar-refractivity contribution >= 4 is 22.7 Å². The Bertz CT molecular complexity index is 761. The van der Waals surface area contributed by atoms with Crippen LogP contribution in [0, 0.1) is 0 Å². The van der Waals surface area contributed by atoms with Gasteiger partial charge in [-0.2, -0.15) is 5.10 Å². The van der Waals surface area contributed by atoms with E-state index < -0.39 is 0 Å². The molecule has 0 bridgehead atoms. The summed E-state index contributed by atoms with van der Waals surface area (Å²) >= 11 is 0. The molecule has 5 nitrogen and oxygen atoms in total. The first-order valence-corrected chi connectivity index (χ1v) is 8.64. The van der Waals surface area contributed by atoms with Crippen LogP contribution in [0.4, 0.5) is 0 Å². The van der Waals surface area contributed by atoms with E-state index in [-0.39, 0.29) is 24.7 Å². The molecule has 1 aromatic heterocycles. The van der Waals surface area contributed by atoms with Crippen molar-refractivity contribution < 1.29 is 9.59 Å². The van der Waals surface area contributed by atoms with Crippen molar-refractivity contribution in [1.82, 2.24) is 15.1 Å². The van der Waals surface area contributed by atoms with Crippen LogP contribution in [0.15, 0.2) is 42.1 Å². The Balaban J connectivity index is 1.44. The van der Waals surface area contributed by atoms with Gasteiger partial charge in [-0.15, -0.1) is 0 Å². The molecule has 1 amide bonds. The Labute approximate surface area is 141 Å². The Morgan fingerprint density at radius 1 is 1.17 bits per heavy atom. The fraction of sp³-hybridized carbons (Fsp3) is 0.421. The highest BCUT2D eigenvalue weighted by Crippen LogP contribution is 2.19. The largest absolute Gasteiger partial charge is 0.356 e. The van der Waals surface area contributed by atoms with Crippen molar-refractivity contribution in [3.05, 3.63) is 42.1 Å². The van der Waals surface area contributed by atoms with E-state index >= 15 is 0 Å². The number of rotatable bonds is 6. The van der Waals surface area contributed by atoms with Crippen molar-refractivity contribution in [2.45, 2.75) is 44.9 Å². The summed E-state index contributed by atoms with van der Waals surface area (Å²) < 4.78 is 1.38. The Hall–Kier alpha value is -2.43. The van der Waals surface area contributed by atoms with Crippen LogP contribution in [0.2, 0.25) is 0 Å². The molecule has 0 aliphatic heterocycles. The number of carbonyl (C=O) groups is 2. The van der Waals surface area contributed by atoms with E-state index in [0.29, 0.717) is 6.54 Å². The van der Waals surface area contributed by atoms with Crippen LogP contribution in [-0.2, 0) is 4.79 Å². The van der Waals surface area contributed by atoms with Gasteiger partial charge in [0, 0.05) is 24.8 Å². The lowest BCUT2D eigenvalue weighted by molar-refractivity contribution is -0.121. The predicted molar refractivity (Wildman–Crippen MR) is 93.8 cm³/mol. The van der Waals surface area contributed by atoms with Gasteiger partial charge in [-0.25, -0.2) is 4.68 Å². The van der Waals surface area contributed by atoms with Gasteiger partial charge in [-0.05, 0) is 38.2 Å². The van der Waals surface area contributed by atoms with E-state index in [0.717, 1.165) is 30.2 Å². The monoisotopic (exact) mass is 325 g/mol. The fourth-order valence-electron chi connectivity index (χ4n) is 3.08. The molecule has 1 aliphatic rings. The molecule has 1 N–H and O–H groups in total. The molecule has 0 atom stereocenters. The average molecular weight is 325 g/mol. The maximum Gasteiger partial charge on any atom is 0.247 e. The lowest BCUT2D eigenvalue weighted by atomic mass is 9.97. The normalized spacial score (nSPS) is 14.4. The molecular formula is C19H23N3O2. The summed E-state index contributed by atoms with van der Waals surface area (Å²) in [6, 6.07) is 7.56. The number of hydrogen-bond donors (Lipinski definition) is 1. The van der Waals surface area contributed by atoms with E-state index in [2.05, 4.69) is 16.5 Å². The predicted octanol–water partition coefficient (Wildman–Crippen LogP) is 3.46. The van der Waals surface area contributed by atoms with E-state index in [1.54, 1.807) is 6.20 Å². The van der Waals surface area contributed by atoms with Gasteiger partial charge in [0.05, 0.1) is 11.7 Å². The molecule has 0 fully saturated rings. The van der Waals surface area contributed by atoms with Gasteiger partial charge in [0.25, 0.3) is 0 Å². The van der Waals surface area contributed by atoms with Crippen LogP contribution in [0.5, 0.6) is 0 Å².